The van der Waals surface area contributed by atoms with Gasteiger partial charge >= 0.3 is 11.9 Å². The predicted octanol–water partition coefficient (Wildman–Crippen LogP) is 8.43. The molecule has 2 aliphatic rings. The highest BCUT2D eigenvalue weighted by molar-refractivity contribution is 6.76. The van der Waals surface area contributed by atoms with E-state index in [1.807, 2.05) is 91.0 Å². The highest BCUT2D eigenvalue weighted by atomic mass is 35.6. The van der Waals surface area contributed by atoms with Gasteiger partial charge in [0.25, 0.3) is 3.79 Å². The number of nitrogens with zero attached hydrogens (tertiary/aromatic N) is 3. The molecule has 10 atom stereocenters. The Kier molecular flexibility index (Phi) is 17.0. The van der Waals surface area contributed by atoms with Crippen LogP contribution in [0.5, 0.6) is 0 Å². The largest absolute Gasteiger partial charge is 0.457 e. The van der Waals surface area contributed by atoms with Gasteiger partial charge in [0, 0.05) is 11.8 Å². The summed E-state index contributed by atoms with van der Waals surface area (Å²) in [5.41, 5.74) is 12.6. The molecular formula is C44H45Cl3N4O11. The fourth-order valence-corrected chi connectivity index (χ4v) is 7.05. The molecule has 6 rings (SSSR count). The van der Waals surface area contributed by atoms with Crippen molar-refractivity contribution in [3.63, 3.8) is 0 Å². The van der Waals surface area contributed by atoms with Crippen molar-refractivity contribution in [2.45, 2.75) is 98.8 Å². The van der Waals surface area contributed by atoms with E-state index in [2.05, 4.69) is 10.0 Å². The first kappa shape index (κ1) is 46.7. The molecule has 62 heavy (non-hydrogen) atoms. The van der Waals surface area contributed by atoms with Crippen molar-refractivity contribution in [2.24, 2.45) is 5.11 Å². The number of esters is 2. The first-order chi connectivity index (χ1) is 29.9. The standard InChI is InChI=1S/C44H45Cl3N4O11/c1-27-35(58-28(2)52)37(34(50-51-49)41(57-27)62-43(48)44(45,46)47)61-42-39(60-40(53)32-21-13-6-14-22-32)38(56-25-31-19-11-5-12-20-31)36(55-24-30-17-9-4-10-18-30)33(59-42)26-54-23-29-15-7-3-8-16-29/h3-22,27,33-39,41-42,48H,23-26H2,1-2H3/t27?,33?,34?,35-,36-,37?,38?,39?,41+,42+/m1/s1. The van der Waals surface area contributed by atoms with Crippen molar-refractivity contribution in [3.8, 4) is 0 Å². The molecule has 0 amide bonds. The molecule has 18 heteroatoms. The zero-order valence-corrected chi connectivity index (χ0v) is 35.9. The second-order valence-electron chi connectivity index (χ2n) is 14.3. The number of ether oxygens (including phenoxy) is 9. The van der Waals surface area contributed by atoms with Crippen LogP contribution in [0, 0.1) is 5.41 Å². The molecule has 0 aromatic heterocycles. The Morgan fingerprint density at radius 3 is 1.76 bits per heavy atom. The van der Waals surface area contributed by atoms with E-state index < -0.39 is 83.0 Å². The number of nitrogens with one attached hydrogen (secondary N) is 1. The molecule has 4 aromatic rings. The molecule has 0 spiro atoms. The lowest BCUT2D eigenvalue weighted by atomic mass is 9.95. The third-order valence-corrected chi connectivity index (χ3v) is 10.3. The van der Waals surface area contributed by atoms with Crippen LogP contribution in [0.4, 0.5) is 0 Å². The third-order valence-electron chi connectivity index (χ3n) is 9.83. The summed E-state index contributed by atoms with van der Waals surface area (Å²) in [4.78, 5) is 29.7. The molecule has 4 aromatic carbocycles. The van der Waals surface area contributed by atoms with Gasteiger partial charge in [-0.3, -0.25) is 10.2 Å². The lowest BCUT2D eigenvalue weighted by Gasteiger charge is -2.49. The summed E-state index contributed by atoms with van der Waals surface area (Å²) < 4.78 is 54.5. The SMILES string of the molecule is CC(=O)O[C@@H]1C(C)O[C@@H](OC(=N)C(Cl)(Cl)Cl)C(N=[N+]=[N-])C1O[C@@H]1OC(COCc2ccccc2)[C@@H](OCc2ccccc2)C(OCc2ccccc2)C1OC(=O)c1ccccc1. The second kappa shape index (κ2) is 22.5. The topological polar surface area (TPSA) is 190 Å². The van der Waals surface area contributed by atoms with Gasteiger partial charge in [0.15, 0.2) is 18.5 Å². The molecule has 0 bridgehead atoms. The van der Waals surface area contributed by atoms with E-state index in [0.717, 1.165) is 16.7 Å². The highest BCUT2D eigenvalue weighted by Crippen LogP contribution is 2.37. The van der Waals surface area contributed by atoms with Gasteiger partial charge in [-0.15, -0.1) is 0 Å². The van der Waals surface area contributed by atoms with E-state index in [1.165, 1.54) is 6.92 Å². The fourth-order valence-electron chi connectivity index (χ4n) is 6.92. The number of halogens is 3. The van der Waals surface area contributed by atoms with E-state index in [0.29, 0.717) is 0 Å². The Morgan fingerprint density at radius 1 is 0.694 bits per heavy atom. The normalized spacial score (nSPS) is 26.1. The molecule has 2 saturated heterocycles. The van der Waals surface area contributed by atoms with E-state index in [4.69, 9.17) is 82.8 Å². The summed E-state index contributed by atoms with van der Waals surface area (Å²) in [7, 11) is 0. The summed E-state index contributed by atoms with van der Waals surface area (Å²) >= 11 is 17.9. The molecule has 2 aliphatic heterocycles. The number of benzene rings is 4. The minimum absolute atomic E-state index is 0.0428. The van der Waals surface area contributed by atoms with Gasteiger partial charge < -0.3 is 42.6 Å². The van der Waals surface area contributed by atoms with Gasteiger partial charge in [-0.2, -0.15) is 0 Å². The van der Waals surface area contributed by atoms with Crippen molar-refractivity contribution in [3.05, 3.63) is 154 Å². The zero-order valence-electron chi connectivity index (χ0n) is 33.6. The Bertz CT molecular complexity index is 2100. The van der Waals surface area contributed by atoms with Crippen molar-refractivity contribution >= 4 is 52.6 Å². The lowest BCUT2D eigenvalue weighted by Crippen LogP contribution is -2.66. The van der Waals surface area contributed by atoms with Crippen LogP contribution in [-0.2, 0) is 67.2 Å². The van der Waals surface area contributed by atoms with E-state index in [1.54, 1.807) is 37.3 Å². The molecule has 0 saturated carbocycles. The number of hydrogen-bond donors (Lipinski definition) is 1. The third kappa shape index (κ3) is 12.9. The van der Waals surface area contributed by atoms with Crippen LogP contribution in [0.2, 0.25) is 0 Å². The number of alkyl halides is 3. The molecule has 328 valence electrons. The van der Waals surface area contributed by atoms with Gasteiger partial charge in [0.2, 0.25) is 12.2 Å². The van der Waals surface area contributed by atoms with Gasteiger partial charge in [-0.25, -0.2) is 4.79 Å². The van der Waals surface area contributed by atoms with Gasteiger partial charge in [-0.1, -0.05) is 149 Å². The van der Waals surface area contributed by atoms with Crippen LogP contribution in [-0.4, -0.2) is 89.6 Å². The maximum Gasteiger partial charge on any atom is 0.338 e. The number of hydrogen-bond acceptors (Lipinski definition) is 13. The predicted molar refractivity (Wildman–Crippen MR) is 227 cm³/mol. The van der Waals surface area contributed by atoms with Crippen molar-refractivity contribution in [1.82, 2.24) is 0 Å². The summed E-state index contributed by atoms with van der Waals surface area (Å²) in [5.74, 6) is -2.33. The fraction of sp³-hybridized carbons (Fsp3) is 0.386. The molecule has 15 nitrogen and oxygen atoms in total. The van der Waals surface area contributed by atoms with Gasteiger partial charge in [-0.05, 0) is 41.3 Å². The minimum Gasteiger partial charge on any atom is -0.457 e. The summed E-state index contributed by atoms with van der Waals surface area (Å²) in [6, 6.07) is 35.1. The van der Waals surface area contributed by atoms with E-state index >= 15 is 0 Å². The molecule has 6 unspecified atom stereocenters. The lowest BCUT2D eigenvalue weighted by molar-refractivity contribution is -0.346. The van der Waals surface area contributed by atoms with Crippen LogP contribution in [0.25, 0.3) is 10.4 Å². The van der Waals surface area contributed by atoms with Crippen LogP contribution >= 0.6 is 34.8 Å². The minimum atomic E-state index is -2.33. The Labute approximate surface area is 373 Å². The van der Waals surface area contributed by atoms with Gasteiger partial charge in [0.1, 0.15) is 30.5 Å². The van der Waals surface area contributed by atoms with E-state index in [9.17, 15) is 15.1 Å². The number of carbonyl (C=O) groups excluding carboxylic acids is 2. The summed E-state index contributed by atoms with van der Waals surface area (Å²) in [5, 5.41) is 12.2. The zero-order chi connectivity index (χ0) is 44.1. The maximum absolute atomic E-state index is 14.1. The van der Waals surface area contributed by atoms with Crippen LogP contribution in [0.3, 0.4) is 0 Å². The van der Waals surface area contributed by atoms with Gasteiger partial charge in [0.05, 0.1) is 38.1 Å². The Morgan fingerprint density at radius 2 is 1.23 bits per heavy atom. The smallest absolute Gasteiger partial charge is 0.338 e. The van der Waals surface area contributed by atoms with E-state index in [-0.39, 0.29) is 32.0 Å². The number of azide groups is 1. The quantitative estimate of drug-likeness (QED) is 0.0204. The molecule has 0 radical (unpaired) electrons. The first-order valence-corrected chi connectivity index (χ1v) is 20.7. The van der Waals surface area contributed by atoms with Crippen LogP contribution in [0.1, 0.15) is 40.9 Å². The first-order valence-electron chi connectivity index (χ1n) is 19.6. The molecule has 1 N–H and O–H groups in total. The second-order valence-corrected chi connectivity index (χ2v) is 16.6. The highest BCUT2D eigenvalue weighted by Gasteiger charge is 2.55. The maximum atomic E-state index is 14.1. The molecule has 0 aliphatic carbocycles. The average molecular weight is 912 g/mol. The van der Waals surface area contributed by atoms with Crippen LogP contribution < -0.4 is 0 Å². The van der Waals surface area contributed by atoms with Crippen molar-refractivity contribution < 1.29 is 52.2 Å². The average Bonchev–Trinajstić information content (AvgIpc) is 3.26. The monoisotopic (exact) mass is 910 g/mol. The Hall–Kier alpha value is -4.77. The summed E-state index contributed by atoms with van der Waals surface area (Å²) in [6.07, 6.45) is -11.4. The molecular weight excluding hydrogens is 867 g/mol. The molecule has 2 heterocycles. The number of carbonyl (C=O) groups is 2. The number of rotatable bonds is 17. The van der Waals surface area contributed by atoms with Crippen molar-refractivity contribution in [1.29, 1.82) is 5.41 Å². The molecule has 2 fully saturated rings. The van der Waals surface area contributed by atoms with Crippen LogP contribution in [0.15, 0.2) is 126 Å². The summed E-state index contributed by atoms with van der Waals surface area (Å²) in [6.45, 7) is 3.01. The Balaban J connectivity index is 1.44. The van der Waals surface area contributed by atoms with Crippen molar-refractivity contribution in [2.75, 3.05) is 6.61 Å².